The Bertz CT molecular complexity index is 978. The van der Waals surface area contributed by atoms with Crippen LogP contribution in [-0.2, 0) is 20.7 Å². The number of benzene rings is 2. The molecule has 0 aromatic heterocycles. The van der Waals surface area contributed by atoms with Crippen molar-refractivity contribution in [2.45, 2.75) is 45.8 Å². The van der Waals surface area contributed by atoms with Gasteiger partial charge in [0, 0.05) is 24.7 Å². The number of hydrogen-bond donors (Lipinski definition) is 4. The first-order valence-electron chi connectivity index (χ1n) is 9.93. The summed E-state index contributed by atoms with van der Waals surface area (Å²) >= 11 is 0. The number of ether oxygens (including phenoxy) is 1. The van der Waals surface area contributed by atoms with Crippen LogP contribution in [0.2, 0.25) is 0 Å². The van der Waals surface area contributed by atoms with E-state index in [-0.39, 0.29) is 17.9 Å². The fraction of sp³-hybridized carbons (Fsp3) is 0.304. The predicted molar refractivity (Wildman–Crippen MR) is 120 cm³/mol. The third-order valence-corrected chi connectivity index (χ3v) is 4.12. The first-order valence-corrected chi connectivity index (χ1v) is 9.93. The van der Waals surface area contributed by atoms with Crippen molar-refractivity contribution in [3.63, 3.8) is 0 Å². The van der Waals surface area contributed by atoms with Crippen LogP contribution in [0.15, 0.2) is 48.5 Å². The molecular formula is C23H27N3O6. The Balaban J connectivity index is 2.16. The minimum Gasteiger partial charge on any atom is -0.478 e. The summed E-state index contributed by atoms with van der Waals surface area (Å²) < 4.78 is 5.27. The van der Waals surface area contributed by atoms with Gasteiger partial charge in [0.15, 0.2) is 0 Å². The van der Waals surface area contributed by atoms with Crippen LogP contribution in [0, 0.1) is 0 Å². The lowest BCUT2D eigenvalue weighted by molar-refractivity contribution is -0.118. The van der Waals surface area contributed by atoms with Gasteiger partial charge in [0.1, 0.15) is 11.6 Å². The van der Waals surface area contributed by atoms with Crippen molar-refractivity contribution in [1.29, 1.82) is 0 Å². The molecule has 0 aliphatic heterocycles. The molecule has 0 aliphatic carbocycles. The van der Waals surface area contributed by atoms with Crippen LogP contribution in [0.1, 0.15) is 43.6 Å². The summed E-state index contributed by atoms with van der Waals surface area (Å²) in [6, 6.07) is 11.6. The number of aromatic carboxylic acids is 1. The minimum absolute atomic E-state index is 0.0886. The lowest BCUT2D eigenvalue weighted by atomic mass is 10.0. The van der Waals surface area contributed by atoms with Crippen LogP contribution in [-0.4, -0.2) is 40.6 Å². The maximum absolute atomic E-state index is 12.9. The van der Waals surface area contributed by atoms with Gasteiger partial charge in [0.05, 0.1) is 5.56 Å². The zero-order chi connectivity index (χ0) is 23.9. The maximum atomic E-state index is 12.9. The molecule has 1 atom stereocenters. The van der Waals surface area contributed by atoms with Crippen LogP contribution in [0.3, 0.4) is 0 Å². The largest absolute Gasteiger partial charge is 0.478 e. The van der Waals surface area contributed by atoms with E-state index in [1.54, 1.807) is 45.0 Å². The molecule has 32 heavy (non-hydrogen) atoms. The van der Waals surface area contributed by atoms with Gasteiger partial charge in [-0.25, -0.2) is 9.59 Å². The number of amides is 3. The fourth-order valence-electron chi connectivity index (χ4n) is 2.75. The summed E-state index contributed by atoms with van der Waals surface area (Å²) in [6.07, 6.45) is -0.577. The average Bonchev–Trinajstić information content (AvgIpc) is 2.67. The van der Waals surface area contributed by atoms with E-state index >= 15 is 0 Å². The van der Waals surface area contributed by atoms with Gasteiger partial charge >= 0.3 is 12.1 Å². The second-order valence-electron chi connectivity index (χ2n) is 8.15. The first kappa shape index (κ1) is 24.4. The van der Waals surface area contributed by atoms with E-state index in [0.717, 1.165) is 5.56 Å². The molecule has 2 aromatic carbocycles. The van der Waals surface area contributed by atoms with E-state index in [9.17, 15) is 19.2 Å². The Morgan fingerprint density at radius 2 is 1.44 bits per heavy atom. The number of alkyl carbamates (subject to hydrolysis) is 1. The SMILES string of the molecule is CC(=O)Nc1ccc(CC(NC(=O)OC(C)(C)C)C(=O)Nc2ccc(C(=O)O)cc2)cc1. The minimum atomic E-state index is -1.07. The highest BCUT2D eigenvalue weighted by Gasteiger charge is 2.25. The van der Waals surface area contributed by atoms with Crippen molar-refractivity contribution in [3.8, 4) is 0 Å². The standard InChI is InChI=1S/C23H27N3O6/c1-14(27)24-17-9-5-15(6-10-17)13-19(26-22(31)32-23(2,3)4)20(28)25-18-11-7-16(8-12-18)21(29)30/h5-12,19H,13H2,1-4H3,(H,24,27)(H,25,28)(H,26,31)(H,29,30). The zero-order valence-corrected chi connectivity index (χ0v) is 18.4. The quantitative estimate of drug-likeness (QED) is 0.520. The molecule has 9 heteroatoms. The summed E-state index contributed by atoms with van der Waals surface area (Å²) in [5.41, 5.74) is 1.10. The molecule has 170 valence electrons. The Hall–Kier alpha value is -3.88. The van der Waals surface area contributed by atoms with E-state index in [1.807, 2.05) is 0 Å². The molecule has 3 amide bonds. The number of hydrogen-bond acceptors (Lipinski definition) is 5. The first-order chi connectivity index (χ1) is 14.9. The van der Waals surface area contributed by atoms with E-state index in [2.05, 4.69) is 16.0 Å². The Kier molecular flexibility index (Phi) is 7.95. The van der Waals surface area contributed by atoms with Crippen molar-refractivity contribution in [3.05, 3.63) is 59.7 Å². The monoisotopic (exact) mass is 441 g/mol. The number of carboxylic acid groups (broad SMARTS) is 1. The van der Waals surface area contributed by atoms with Crippen molar-refractivity contribution in [1.82, 2.24) is 5.32 Å². The number of carbonyl (C=O) groups excluding carboxylic acids is 3. The highest BCUT2D eigenvalue weighted by molar-refractivity contribution is 5.97. The van der Waals surface area contributed by atoms with Crippen molar-refractivity contribution < 1.29 is 29.0 Å². The third kappa shape index (κ3) is 8.10. The van der Waals surface area contributed by atoms with E-state index in [0.29, 0.717) is 11.4 Å². The normalized spacial score (nSPS) is 11.8. The molecule has 9 nitrogen and oxygen atoms in total. The Morgan fingerprint density at radius 3 is 1.94 bits per heavy atom. The molecule has 0 bridgehead atoms. The molecule has 0 heterocycles. The number of rotatable bonds is 7. The van der Waals surface area contributed by atoms with Crippen LogP contribution in [0.5, 0.6) is 0 Å². The van der Waals surface area contributed by atoms with Gasteiger partial charge in [-0.15, -0.1) is 0 Å². The summed E-state index contributed by atoms with van der Waals surface area (Å²) in [6.45, 7) is 6.55. The van der Waals surface area contributed by atoms with Gasteiger partial charge in [-0.1, -0.05) is 12.1 Å². The molecular weight excluding hydrogens is 414 g/mol. The topological polar surface area (TPSA) is 134 Å². The fourth-order valence-corrected chi connectivity index (χ4v) is 2.75. The molecule has 0 saturated heterocycles. The Morgan fingerprint density at radius 1 is 0.906 bits per heavy atom. The number of carboxylic acids is 1. The molecule has 0 spiro atoms. The number of nitrogens with one attached hydrogen (secondary N) is 3. The predicted octanol–water partition coefficient (Wildman–Crippen LogP) is 3.42. The molecule has 0 radical (unpaired) electrons. The Labute approximate surface area is 186 Å². The van der Waals surface area contributed by atoms with E-state index in [1.165, 1.54) is 31.2 Å². The molecule has 0 aliphatic rings. The molecule has 1 unspecified atom stereocenters. The summed E-state index contributed by atoms with van der Waals surface area (Å²) in [4.78, 5) is 47.3. The molecule has 2 aromatic rings. The van der Waals surface area contributed by atoms with Gasteiger partial charge in [-0.2, -0.15) is 0 Å². The number of anilines is 2. The molecule has 0 saturated carbocycles. The van der Waals surface area contributed by atoms with Crippen molar-refractivity contribution in [2.75, 3.05) is 10.6 Å². The summed E-state index contributed by atoms with van der Waals surface area (Å²) in [7, 11) is 0. The van der Waals surface area contributed by atoms with E-state index in [4.69, 9.17) is 9.84 Å². The highest BCUT2D eigenvalue weighted by Crippen LogP contribution is 2.15. The second-order valence-corrected chi connectivity index (χ2v) is 8.15. The molecule has 2 rings (SSSR count). The lowest BCUT2D eigenvalue weighted by Gasteiger charge is -2.23. The van der Waals surface area contributed by atoms with E-state index < -0.39 is 29.6 Å². The van der Waals surface area contributed by atoms with Gasteiger partial charge in [-0.05, 0) is 62.7 Å². The second kappa shape index (κ2) is 10.4. The number of carbonyl (C=O) groups is 4. The molecule has 4 N–H and O–H groups in total. The molecule has 0 fully saturated rings. The zero-order valence-electron chi connectivity index (χ0n) is 18.4. The highest BCUT2D eigenvalue weighted by atomic mass is 16.6. The van der Waals surface area contributed by atoms with Gasteiger partial charge in [-0.3, -0.25) is 9.59 Å². The summed E-state index contributed by atoms with van der Waals surface area (Å²) in [5, 5.41) is 16.9. The lowest BCUT2D eigenvalue weighted by Crippen LogP contribution is -2.47. The van der Waals surface area contributed by atoms with Crippen LogP contribution in [0.25, 0.3) is 0 Å². The van der Waals surface area contributed by atoms with Crippen LogP contribution >= 0.6 is 0 Å². The van der Waals surface area contributed by atoms with Gasteiger partial charge in [0.2, 0.25) is 11.8 Å². The average molecular weight is 441 g/mol. The third-order valence-electron chi connectivity index (χ3n) is 4.12. The summed E-state index contributed by atoms with van der Waals surface area (Å²) in [5.74, 6) is -1.77. The maximum Gasteiger partial charge on any atom is 0.408 e. The van der Waals surface area contributed by atoms with Crippen molar-refractivity contribution >= 4 is 35.3 Å². The van der Waals surface area contributed by atoms with Crippen molar-refractivity contribution in [2.24, 2.45) is 0 Å². The van der Waals surface area contributed by atoms with Gasteiger partial charge in [0.25, 0.3) is 0 Å². The smallest absolute Gasteiger partial charge is 0.408 e. The van der Waals surface area contributed by atoms with Crippen LogP contribution in [0.4, 0.5) is 16.2 Å². The van der Waals surface area contributed by atoms with Gasteiger partial charge < -0.3 is 25.8 Å². The van der Waals surface area contributed by atoms with Crippen LogP contribution < -0.4 is 16.0 Å².